The molecule has 1 fully saturated rings. The lowest BCUT2D eigenvalue weighted by molar-refractivity contribution is 0.00792. The van der Waals surface area contributed by atoms with Crippen LogP contribution in [0.5, 0.6) is 0 Å². The van der Waals surface area contributed by atoms with Gasteiger partial charge >= 0.3 is 12.1 Å². The maximum absolute atomic E-state index is 12.0. The fraction of sp³-hybridized carbons (Fsp3) is 0.444. The number of carboxylic acid groups (broad SMARTS) is 1. The summed E-state index contributed by atoms with van der Waals surface area (Å²) >= 11 is 0. The number of aromatic nitrogens is 1. The molecule has 128 valence electrons. The van der Waals surface area contributed by atoms with Crippen molar-refractivity contribution in [3.8, 4) is 0 Å². The predicted octanol–water partition coefficient (Wildman–Crippen LogP) is 3.51. The maximum atomic E-state index is 12.0. The molecule has 6 nitrogen and oxygen atoms in total. The molecule has 6 heteroatoms. The van der Waals surface area contributed by atoms with Gasteiger partial charge in [-0.2, -0.15) is 0 Å². The van der Waals surface area contributed by atoms with Crippen molar-refractivity contribution in [2.24, 2.45) is 0 Å². The molecule has 1 saturated heterocycles. The number of hydrogen-bond donors (Lipinski definition) is 2. The Morgan fingerprint density at radius 2 is 1.92 bits per heavy atom. The molecule has 24 heavy (non-hydrogen) atoms. The number of carbonyl (C=O) groups excluding carboxylic acids is 1. The van der Waals surface area contributed by atoms with Gasteiger partial charge in [0.1, 0.15) is 5.60 Å². The van der Waals surface area contributed by atoms with Crippen LogP contribution in [-0.4, -0.2) is 45.7 Å². The van der Waals surface area contributed by atoms with Crippen molar-refractivity contribution in [2.75, 3.05) is 13.1 Å². The van der Waals surface area contributed by atoms with E-state index in [2.05, 4.69) is 4.98 Å². The van der Waals surface area contributed by atoms with E-state index in [-0.39, 0.29) is 12.0 Å². The summed E-state index contributed by atoms with van der Waals surface area (Å²) in [4.78, 5) is 28.2. The number of carboxylic acids is 1. The zero-order valence-electron chi connectivity index (χ0n) is 14.3. The lowest BCUT2D eigenvalue weighted by Gasteiger charge is -2.39. The number of H-pyrrole nitrogens is 1. The highest BCUT2D eigenvalue weighted by atomic mass is 16.6. The number of aromatic amines is 1. The van der Waals surface area contributed by atoms with Crippen LogP contribution in [0.1, 0.15) is 48.3 Å². The second-order valence-corrected chi connectivity index (χ2v) is 7.37. The van der Waals surface area contributed by atoms with Gasteiger partial charge in [-0.05, 0) is 56.8 Å². The van der Waals surface area contributed by atoms with Crippen LogP contribution in [-0.2, 0) is 4.74 Å². The second kappa shape index (κ2) is 5.54. The van der Waals surface area contributed by atoms with Gasteiger partial charge in [-0.3, -0.25) is 0 Å². The minimum atomic E-state index is -0.926. The van der Waals surface area contributed by atoms with E-state index in [9.17, 15) is 14.7 Å². The minimum Gasteiger partial charge on any atom is -0.478 e. The molecular formula is C18H22N2O4. The van der Waals surface area contributed by atoms with Crippen LogP contribution in [0.25, 0.3) is 10.9 Å². The standard InChI is InChI=1S/C18H22N2O4/c1-10-5-11-6-14(19-15(11)7-13(10)16(21)22)12-8-20(9-12)17(23)24-18(2,3)4/h5-7,12,19H,8-9H2,1-4H3,(H,21,22). The van der Waals surface area contributed by atoms with Crippen LogP contribution < -0.4 is 0 Å². The number of nitrogens with zero attached hydrogens (tertiary/aromatic N) is 1. The average molecular weight is 330 g/mol. The van der Waals surface area contributed by atoms with Crippen LogP contribution in [0.3, 0.4) is 0 Å². The zero-order valence-corrected chi connectivity index (χ0v) is 14.3. The second-order valence-electron chi connectivity index (χ2n) is 7.37. The maximum Gasteiger partial charge on any atom is 0.410 e. The number of hydrogen-bond acceptors (Lipinski definition) is 3. The Kier molecular flexibility index (Phi) is 3.78. The van der Waals surface area contributed by atoms with E-state index in [0.29, 0.717) is 18.7 Å². The van der Waals surface area contributed by atoms with Crippen LogP contribution in [0.15, 0.2) is 18.2 Å². The van der Waals surface area contributed by atoms with Gasteiger partial charge in [-0.25, -0.2) is 9.59 Å². The SMILES string of the molecule is Cc1cc2cc(C3CN(C(=O)OC(C)(C)C)C3)[nH]c2cc1C(=O)O. The number of carbonyl (C=O) groups is 2. The van der Waals surface area contributed by atoms with Crippen LogP contribution in [0.2, 0.25) is 0 Å². The van der Waals surface area contributed by atoms with Crippen LogP contribution in [0, 0.1) is 6.92 Å². The summed E-state index contributed by atoms with van der Waals surface area (Å²) in [7, 11) is 0. The summed E-state index contributed by atoms with van der Waals surface area (Å²) in [5.41, 5.74) is 2.38. The highest BCUT2D eigenvalue weighted by molar-refractivity contribution is 5.95. The van der Waals surface area contributed by atoms with Crippen molar-refractivity contribution in [1.29, 1.82) is 0 Å². The monoisotopic (exact) mass is 330 g/mol. The van der Waals surface area contributed by atoms with E-state index in [1.54, 1.807) is 17.9 Å². The van der Waals surface area contributed by atoms with Crippen molar-refractivity contribution in [2.45, 2.75) is 39.2 Å². The van der Waals surface area contributed by atoms with E-state index >= 15 is 0 Å². The highest BCUT2D eigenvalue weighted by Crippen LogP contribution is 2.31. The lowest BCUT2D eigenvalue weighted by atomic mass is 9.97. The van der Waals surface area contributed by atoms with Crippen LogP contribution >= 0.6 is 0 Å². The molecule has 0 radical (unpaired) electrons. The number of likely N-dealkylation sites (tertiary alicyclic amines) is 1. The van der Waals surface area contributed by atoms with Crippen molar-refractivity contribution >= 4 is 23.0 Å². The van der Waals surface area contributed by atoms with Gasteiger partial charge in [-0.15, -0.1) is 0 Å². The quantitative estimate of drug-likeness (QED) is 0.883. The van der Waals surface area contributed by atoms with E-state index in [0.717, 1.165) is 22.2 Å². The van der Waals surface area contributed by atoms with E-state index in [1.807, 2.05) is 32.9 Å². The first-order valence-electron chi connectivity index (χ1n) is 7.98. The molecule has 1 aliphatic rings. The molecule has 0 unspecified atom stereocenters. The molecule has 1 aliphatic heterocycles. The van der Waals surface area contributed by atoms with Gasteiger partial charge in [-0.1, -0.05) is 0 Å². The molecule has 1 aromatic heterocycles. The van der Waals surface area contributed by atoms with Crippen molar-refractivity contribution in [3.05, 3.63) is 35.0 Å². The van der Waals surface area contributed by atoms with E-state index < -0.39 is 11.6 Å². The normalized spacial score (nSPS) is 15.4. The topological polar surface area (TPSA) is 82.6 Å². The summed E-state index contributed by atoms with van der Waals surface area (Å²) in [6.45, 7) is 8.55. The third kappa shape index (κ3) is 3.09. The van der Waals surface area contributed by atoms with E-state index in [4.69, 9.17) is 4.74 Å². The largest absolute Gasteiger partial charge is 0.478 e. The molecule has 2 heterocycles. The molecule has 2 aromatic rings. The first-order valence-corrected chi connectivity index (χ1v) is 7.98. The predicted molar refractivity (Wildman–Crippen MR) is 90.5 cm³/mol. The van der Waals surface area contributed by atoms with Gasteiger partial charge in [0.05, 0.1) is 5.56 Å². The van der Waals surface area contributed by atoms with Crippen molar-refractivity contribution < 1.29 is 19.4 Å². The Bertz CT molecular complexity index is 810. The fourth-order valence-corrected chi connectivity index (χ4v) is 2.92. The summed E-state index contributed by atoms with van der Waals surface area (Å²) < 4.78 is 5.35. The molecule has 1 amide bonds. The Morgan fingerprint density at radius 1 is 1.25 bits per heavy atom. The first-order chi connectivity index (χ1) is 11.1. The molecular weight excluding hydrogens is 308 g/mol. The number of benzene rings is 1. The summed E-state index contributed by atoms with van der Waals surface area (Å²) in [5.74, 6) is -0.705. The molecule has 3 rings (SSSR count). The van der Waals surface area contributed by atoms with Gasteiger partial charge in [0.2, 0.25) is 0 Å². The third-order valence-corrected chi connectivity index (χ3v) is 4.19. The summed E-state index contributed by atoms with van der Waals surface area (Å²) in [5, 5.41) is 10.2. The Morgan fingerprint density at radius 3 is 2.50 bits per heavy atom. The van der Waals surface area contributed by atoms with Gasteiger partial charge in [0.15, 0.2) is 0 Å². The first kappa shape index (κ1) is 16.4. The Balaban J connectivity index is 1.73. The van der Waals surface area contributed by atoms with Gasteiger partial charge < -0.3 is 19.7 Å². The number of nitrogens with one attached hydrogen (secondary N) is 1. The summed E-state index contributed by atoms with van der Waals surface area (Å²) in [6.07, 6.45) is -0.293. The minimum absolute atomic E-state index is 0.221. The molecule has 0 spiro atoms. The molecule has 2 N–H and O–H groups in total. The molecule has 0 aliphatic carbocycles. The zero-order chi connectivity index (χ0) is 17.6. The average Bonchev–Trinajstić information content (AvgIpc) is 2.75. The Hall–Kier alpha value is -2.50. The molecule has 0 bridgehead atoms. The molecule has 0 atom stereocenters. The van der Waals surface area contributed by atoms with Gasteiger partial charge in [0.25, 0.3) is 0 Å². The number of amides is 1. The number of aryl methyl sites for hydroxylation is 1. The third-order valence-electron chi connectivity index (χ3n) is 4.19. The number of rotatable bonds is 2. The van der Waals surface area contributed by atoms with Crippen LogP contribution in [0.4, 0.5) is 4.79 Å². The van der Waals surface area contributed by atoms with Crippen molar-refractivity contribution in [3.63, 3.8) is 0 Å². The fourth-order valence-electron chi connectivity index (χ4n) is 2.92. The van der Waals surface area contributed by atoms with Gasteiger partial charge in [0, 0.05) is 30.2 Å². The lowest BCUT2D eigenvalue weighted by Crippen LogP contribution is -2.50. The smallest absolute Gasteiger partial charge is 0.410 e. The van der Waals surface area contributed by atoms with Crippen molar-refractivity contribution in [1.82, 2.24) is 9.88 Å². The van der Waals surface area contributed by atoms with E-state index in [1.165, 1.54) is 0 Å². The number of fused-ring (bicyclic) bond motifs is 1. The number of ether oxygens (including phenoxy) is 1. The summed E-state index contributed by atoms with van der Waals surface area (Å²) in [6, 6.07) is 5.58. The molecule has 1 aromatic carbocycles. The highest BCUT2D eigenvalue weighted by Gasteiger charge is 2.35. The number of aromatic carboxylic acids is 1. The Labute approximate surface area is 140 Å². The molecule has 0 saturated carbocycles.